The molecule has 0 spiro atoms. The minimum absolute atomic E-state index is 0.646. The minimum Gasteiger partial charge on any atom is -0.399 e. The maximum Gasteiger partial charge on any atom is 0.0311 e. The molecule has 0 aromatic heterocycles. The molecule has 0 amide bonds. The van der Waals surface area contributed by atoms with Crippen LogP contribution in [0.4, 0.5) is 0 Å². The van der Waals surface area contributed by atoms with Crippen molar-refractivity contribution in [2.24, 2.45) is 5.73 Å². The van der Waals surface area contributed by atoms with E-state index in [1.807, 2.05) is 31.8 Å². The largest absolute Gasteiger partial charge is 0.399 e. The fraction of sp³-hybridized carbons (Fsp3) is 0.647. The molecule has 0 saturated carbocycles. The Hall–Kier alpha value is -0.250. The molecule has 0 rings (SSSR count). The Morgan fingerprint density at radius 2 is 1.53 bits per heavy atom. The summed E-state index contributed by atoms with van der Waals surface area (Å²) >= 11 is 2.15. The van der Waals surface area contributed by atoms with Gasteiger partial charge < -0.3 is 5.73 Å². The molecular weight excluding hydrogens is 345 g/mol. The summed E-state index contributed by atoms with van der Waals surface area (Å²) in [4.78, 5) is 1.97. The summed E-state index contributed by atoms with van der Waals surface area (Å²) < 4.78 is 0. The number of halogens is 1. The number of hydrogen-bond donors (Lipinski definition) is 1. The molecule has 0 radical (unpaired) electrons. The van der Waals surface area contributed by atoms with Gasteiger partial charge >= 0.3 is 0 Å². The molecule has 0 aliphatic carbocycles. The topological polar surface area (TPSA) is 26.0 Å². The van der Waals surface area contributed by atoms with E-state index in [1.165, 1.54) is 18.4 Å². The predicted molar refractivity (Wildman–Crippen MR) is 103 cm³/mol. The summed E-state index contributed by atoms with van der Waals surface area (Å²) in [5, 5.41) is 0. The summed E-state index contributed by atoms with van der Waals surface area (Å²) in [6.07, 6.45) is 7.65. The average molecular weight is 381 g/mol. The van der Waals surface area contributed by atoms with Gasteiger partial charge in [0.15, 0.2) is 0 Å². The third kappa shape index (κ3) is 27.1. The van der Waals surface area contributed by atoms with Crippen molar-refractivity contribution in [3.8, 4) is 0 Å². The third-order valence-electron chi connectivity index (χ3n) is 1.73. The van der Waals surface area contributed by atoms with E-state index in [-0.39, 0.29) is 0 Å². The fourth-order valence-electron chi connectivity index (χ4n) is 1.09. The zero-order chi connectivity index (χ0) is 16.3. The highest BCUT2D eigenvalue weighted by molar-refractivity contribution is 14.1. The molecule has 0 aliphatic rings. The molecule has 0 atom stereocenters. The van der Waals surface area contributed by atoms with Crippen LogP contribution in [-0.2, 0) is 0 Å². The van der Waals surface area contributed by atoms with Crippen LogP contribution in [-0.4, -0.2) is 4.93 Å². The van der Waals surface area contributed by atoms with Gasteiger partial charge in [-0.25, -0.2) is 0 Å². The second kappa shape index (κ2) is 26.3. The Morgan fingerprint density at radius 1 is 1.16 bits per heavy atom. The van der Waals surface area contributed by atoms with Crippen LogP contribution < -0.4 is 5.73 Å². The van der Waals surface area contributed by atoms with Crippen LogP contribution in [0.2, 0.25) is 0 Å². The van der Waals surface area contributed by atoms with Gasteiger partial charge in [0.2, 0.25) is 0 Å². The van der Waals surface area contributed by atoms with E-state index in [0.717, 1.165) is 12.0 Å². The number of hydrogen-bond acceptors (Lipinski definition) is 1. The molecule has 0 aromatic rings. The van der Waals surface area contributed by atoms with Gasteiger partial charge in [0.25, 0.3) is 0 Å². The molecule has 0 heterocycles. The van der Waals surface area contributed by atoms with Crippen LogP contribution in [0.5, 0.6) is 0 Å². The van der Waals surface area contributed by atoms with E-state index in [0.29, 0.717) is 5.70 Å². The second-order valence-electron chi connectivity index (χ2n) is 3.72. The Labute approximate surface area is 136 Å². The summed E-state index contributed by atoms with van der Waals surface area (Å²) in [6.45, 7) is 18.2. The first kappa shape index (κ1) is 27.2. The lowest BCUT2D eigenvalue weighted by Crippen LogP contribution is -1.97. The quantitative estimate of drug-likeness (QED) is 0.329. The van der Waals surface area contributed by atoms with E-state index < -0.39 is 0 Å². The smallest absolute Gasteiger partial charge is 0.0311 e. The summed E-state index contributed by atoms with van der Waals surface area (Å²) in [6, 6.07) is 0. The highest BCUT2D eigenvalue weighted by atomic mass is 127. The van der Waals surface area contributed by atoms with Crippen LogP contribution >= 0.6 is 22.6 Å². The third-order valence-corrected chi connectivity index (χ3v) is 1.73. The fourth-order valence-corrected chi connectivity index (χ4v) is 1.09. The Bertz CT molecular complexity index is 227. The van der Waals surface area contributed by atoms with Gasteiger partial charge in [-0.1, -0.05) is 94.4 Å². The number of nitrogens with two attached hydrogens (primary N) is 1. The minimum atomic E-state index is 0.646. The molecule has 19 heavy (non-hydrogen) atoms. The number of allylic oxidation sites excluding steroid dienone is 3. The van der Waals surface area contributed by atoms with Crippen molar-refractivity contribution in [2.75, 3.05) is 4.93 Å². The van der Waals surface area contributed by atoms with Gasteiger partial charge in [-0.15, -0.1) is 0 Å². The highest BCUT2D eigenvalue weighted by Crippen LogP contribution is 2.11. The standard InChI is InChI=1S/C11H19N.C3H8.C2H6.CH3I/c1-5-7-9(3)8-11(6-2)10(4)12;1-3-2;2*1-2/h6,8H,4-5,7,12H2,1-3H3;3H2,1-2H3;1-2H3;1H3/b9-8+,11-6+;;;. The van der Waals surface area contributed by atoms with Crippen molar-refractivity contribution in [1.29, 1.82) is 0 Å². The van der Waals surface area contributed by atoms with Gasteiger partial charge in [0, 0.05) is 5.70 Å². The monoisotopic (exact) mass is 381 g/mol. The van der Waals surface area contributed by atoms with Crippen LogP contribution in [0, 0.1) is 0 Å². The van der Waals surface area contributed by atoms with E-state index >= 15 is 0 Å². The van der Waals surface area contributed by atoms with Crippen molar-refractivity contribution >= 4 is 22.6 Å². The maximum absolute atomic E-state index is 5.58. The van der Waals surface area contributed by atoms with E-state index in [2.05, 4.69) is 62.9 Å². The van der Waals surface area contributed by atoms with Gasteiger partial charge in [0.05, 0.1) is 0 Å². The molecule has 1 nitrogen and oxygen atoms in total. The first-order valence-corrected chi connectivity index (χ1v) is 9.35. The molecule has 0 unspecified atom stereocenters. The second-order valence-corrected chi connectivity index (χ2v) is 3.72. The average Bonchev–Trinajstić information content (AvgIpc) is 2.41. The summed E-state index contributed by atoms with van der Waals surface area (Å²) in [5.74, 6) is 0. The molecule has 116 valence electrons. The van der Waals surface area contributed by atoms with Crippen molar-refractivity contribution in [2.45, 2.75) is 67.7 Å². The molecule has 0 aliphatic heterocycles. The molecule has 2 N–H and O–H groups in total. The van der Waals surface area contributed by atoms with Gasteiger partial charge in [0.1, 0.15) is 0 Å². The van der Waals surface area contributed by atoms with Crippen LogP contribution in [0.25, 0.3) is 0 Å². The first-order chi connectivity index (χ1) is 9.03. The molecule has 0 aromatic carbocycles. The summed E-state index contributed by atoms with van der Waals surface area (Å²) in [7, 11) is 0. The lowest BCUT2D eigenvalue weighted by Gasteiger charge is -2.02. The molecular formula is C17H36IN. The van der Waals surface area contributed by atoms with Gasteiger partial charge in [-0.2, -0.15) is 0 Å². The normalized spacial score (nSPS) is 9.95. The number of rotatable bonds is 4. The first-order valence-electron chi connectivity index (χ1n) is 7.19. The SMILES string of the molecule is C=C(N)C(/C=C(\C)CCC)=C/C.CC.CCC.CI. The molecule has 2 heteroatoms. The Balaban J connectivity index is -0.000000136. The van der Waals surface area contributed by atoms with Gasteiger partial charge in [-0.05, 0) is 30.8 Å². The van der Waals surface area contributed by atoms with Crippen molar-refractivity contribution in [3.05, 3.63) is 35.6 Å². The van der Waals surface area contributed by atoms with Crippen molar-refractivity contribution < 1.29 is 0 Å². The molecule has 0 fully saturated rings. The predicted octanol–water partition coefficient (Wildman–Crippen LogP) is 6.65. The Kier molecular flexibility index (Phi) is 37.6. The summed E-state index contributed by atoms with van der Waals surface area (Å²) in [5.41, 5.74) is 8.63. The molecule has 0 saturated heterocycles. The highest BCUT2D eigenvalue weighted by Gasteiger charge is 1.93. The number of alkyl halides is 1. The van der Waals surface area contributed by atoms with Crippen LogP contribution in [0.15, 0.2) is 35.6 Å². The lowest BCUT2D eigenvalue weighted by molar-refractivity contribution is 0.904. The van der Waals surface area contributed by atoms with E-state index in [4.69, 9.17) is 5.73 Å². The van der Waals surface area contributed by atoms with E-state index in [1.54, 1.807) is 0 Å². The molecule has 0 bridgehead atoms. The van der Waals surface area contributed by atoms with Crippen molar-refractivity contribution in [1.82, 2.24) is 0 Å². The zero-order valence-electron chi connectivity index (χ0n) is 14.4. The van der Waals surface area contributed by atoms with Gasteiger partial charge in [-0.3, -0.25) is 0 Å². The zero-order valence-corrected chi connectivity index (χ0v) is 16.6. The van der Waals surface area contributed by atoms with Crippen LogP contribution in [0.3, 0.4) is 0 Å². The lowest BCUT2D eigenvalue weighted by atomic mass is 10.1. The van der Waals surface area contributed by atoms with Crippen LogP contribution in [0.1, 0.15) is 67.7 Å². The maximum atomic E-state index is 5.58. The van der Waals surface area contributed by atoms with Crippen molar-refractivity contribution in [3.63, 3.8) is 0 Å². The van der Waals surface area contributed by atoms with E-state index in [9.17, 15) is 0 Å². The Morgan fingerprint density at radius 3 is 1.74 bits per heavy atom.